The first-order valence-corrected chi connectivity index (χ1v) is 19.6. The zero-order valence-electron chi connectivity index (χ0n) is 28.7. The summed E-state index contributed by atoms with van der Waals surface area (Å²) in [4.78, 5) is 64.0. The Bertz CT molecular complexity index is 2410. The van der Waals surface area contributed by atoms with Gasteiger partial charge in [-0.25, -0.2) is 19.6 Å². The average molecular weight is 846 g/mol. The molecular formula is C36H39Cl2IN8O4. The van der Waals surface area contributed by atoms with Crippen LogP contribution in [-0.2, 0) is 20.1 Å². The van der Waals surface area contributed by atoms with E-state index in [0.717, 1.165) is 36.8 Å². The lowest BCUT2D eigenvalue weighted by Crippen LogP contribution is -2.45. The SMILES string of the molecule is CC1CC(n2c(=O)[nH]c3ncn(Cc4ccc(Cl)cc4)c3c2=O)C1.CC1CC(n2c(=O)c3c(ncn3Cc3ccc(Cl)cc3)n(C)c2=O)C1.CI. The Balaban J connectivity index is 0.000000168. The van der Waals surface area contributed by atoms with Gasteiger partial charge in [0.1, 0.15) is 0 Å². The van der Waals surface area contributed by atoms with E-state index in [1.165, 1.54) is 13.7 Å². The first-order valence-electron chi connectivity index (χ1n) is 16.7. The third-order valence-electron chi connectivity index (χ3n) is 9.71. The minimum Gasteiger partial charge on any atom is -0.320 e. The van der Waals surface area contributed by atoms with Crippen LogP contribution in [-0.4, -0.2) is 42.7 Å². The molecule has 2 aromatic carbocycles. The van der Waals surface area contributed by atoms with Crippen molar-refractivity contribution in [1.82, 2.24) is 37.8 Å². The lowest BCUT2D eigenvalue weighted by Gasteiger charge is -2.33. The van der Waals surface area contributed by atoms with Crippen molar-refractivity contribution < 1.29 is 0 Å². The largest absolute Gasteiger partial charge is 0.332 e. The van der Waals surface area contributed by atoms with Gasteiger partial charge in [-0.3, -0.25) is 28.3 Å². The fraction of sp³-hybridized carbons (Fsp3) is 0.389. The predicted molar refractivity (Wildman–Crippen MR) is 210 cm³/mol. The van der Waals surface area contributed by atoms with Gasteiger partial charge < -0.3 is 9.13 Å². The predicted octanol–water partition coefficient (Wildman–Crippen LogP) is 6.18. The molecule has 12 nitrogen and oxygen atoms in total. The molecule has 0 radical (unpaired) electrons. The van der Waals surface area contributed by atoms with Crippen molar-refractivity contribution >= 4 is 68.1 Å². The molecule has 0 unspecified atom stereocenters. The van der Waals surface area contributed by atoms with E-state index in [0.29, 0.717) is 57.3 Å². The van der Waals surface area contributed by atoms with Crippen molar-refractivity contribution in [2.24, 2.45) is 18.9 Å². The number of aromatic amines is 1. The summed E-state index contributed by atoms with van der Waals surface area (Å²) in [5.74, 6) is 1.10. The van der Waals surface area contributed by atoms with Gasteiger partial charge in [-0.05, 0) is 77.8 Å². The van der Waals surface area contributed by atoms with Gasteiger partial charge >= 0.3 is 11.4 Å². The van der Waals surface area contributed by atoms with Crippen LogP contribution >= 0.6 is 45.8 Å². The Kier molecular flexibility index (Phi) is 11.1. The number of hydrogen-bond acceptors (Lipinski definition) is 6. The van der Waals surface area contributed by atoms with Gasteiger partial charge in [-0.2, -0.15) is 0 Å². The summed E-state index contributed by atoms with van der Waals surface area (Å²) in [6.07, 6.45) is 6.66. The number of hydrogen-bond donors (Lipinski definition) is 1. The number of H-pyrrole nitrogens is 1. The number of halogens is 3. The molecule has 0 spiro atoms. The van der Waals surface area contributed by atoms with E-state index in [2.05, 4.69) is 51.4 Å². The van der Waals surface area contributed by atoms with Crippen LogP contribution in [0.4, 0.5) is 0 Å². The molecule has 0 aliphatic heterocycles. The van der Waals surface area contributed by atoms with Crippen molar-refractivity contribution in [3.63, 3.8) is 0 Å². The standard InChI is InChI=1S/C18H19ClN4O2.C17H17ClN4O2.CH3I/c1-11-7-14(8-11)23-17(24)15-16(21(2)18(23)25)20-10-22(15)9-12-3-5-13(19)6-4-12;1-10-6-13(7-10)22-16(23)14-15(20-17(22)24)19-9-21(14)8-11-2-4-12(18)5-3-11;1-2/h3-6,10-11,14H,7-9H2,1-2H3;2-5,9-10,13H,6-8H2,1H3,(H,20,24);1H3. The van der Waals surface area contributed by atoms with Crippen LogP contribution in [0.5, 0.6) is 0 Å². The summed E-state index contributed by atoms with van der Waals surface area (Å²) in [6, 6.07) is 14.9. The molecule has 0 saturated heterocycles. The van der Waals surface area contributed by atoms with Crippen LogP contribution in [0.3, 0.4) is 0 Å². The molecule has 2 fully saturated rings. The van der Waals surface area contributed by atoms with E-state index in [-0.39, 0.29) is 34.6 Å². The fourth-order valence-electron chi connectivity index (χ4n) is 6.96. The third-order valence-corrected chi connectivity index (χ3v) is 10.2. The Morgan fingerprint density at radius 2 is 1.16 bits per heavy atom. The topological polar surface area (TPSA) is 134 Å². The number of aryl methyl sites for hydroxylation is 1. The highest BCUT2D eigenvalue weighted by molar-refractivity contribution is 14.1. The molecule has 0 bridgehead atoms. The van der Waals surface area contributed by atoms with Crippen LogP contribution in [0, 0.1) is 11.8 Å². The zero-order chi connectivity index (χ0) is 36.6. The summed E-state index contributed by atoms with van der Waals surface area (Å²) in [7, 11) is 1.67. The first-order chi connectivity index (χ1) is 24.5. The van der Waals surface area contributed by atoms with E-state index >= 15 is 0 Å². The summed E-state index contributed by atoms with van der Waals surface area (Å²) < 4.78 is 7.80. The summed E-state index contributed by atoms with van der Waals surface area (Å²) in [5.41, 5.74) is 2.51. The van der Waals surface area contributed by atoms with Crippen LogP contribution in [0.2, 0.25) is 10.0 Å². The number of rotatable bonds is 6. The Morgan fingerprint density at radius 1 is 0.706 bits per heavy atom. The lowest BCUT2D eigenvalue weighted by molar-refractivity contribution is 0.204. The maximum Gasteiger partial charge on any atom is 0.332 e. The second kappa shape index (κ2) is 15.3. The van der Waals surface area contributed by atoms with Gasteiger partial charge in [0.25, 0.3) is 11.1 Å². The first kappa shape index (κ1) is 36.8. The molecule has 2 aliphatic carbocycles. The molecule has 268 valence electrons. The van der Waals surface area contributed by atoms with E-state index in [4.69, 9.17) is 23.2 Å². The van der Waals surface area contributed by atoms with Crippen LogP contribution in [0.25, 0.3) is 22.3 Å². The smallest absolute Gasteiger partial charge is 0.320 e. The van der Waals surface area contributed by atoms with Crippen molar-refractivity contribution in [3.05, 3.63) is 124 Å². The Morgan fingerprint density at radius 3 is 1.67 bits per heavy atom. The highest BCUT2D eigenvalue weighted by Crippen LogP contribution is 2.36. The molecule has 1 N–H and O–H groups in total. The van der Waals surface area contributed by atoms with Crippen molar-refractivity contribution in [3.8, 4) is 0 Å². The Labute approximate surface area is 316 Å². The number of alkyl halides is 1. The normalized spacial score (nSPS) is 19.4. The van der Waals surface area contributed by atoms with Crippen LogP contribution in [0.1, 0.15) is 62.7 Å². The number of imidazole rings is 2. The number of fused-ring (bicyclic) bond motifs is 2. The van der Waals surface area contributed by atoms with Crippen LogP contribution in [0.15, 0.2) is 80.4 Å². The molecule has 6 aromatic rings. The highest BCUT2D eigenvalue weighted by atomic mass is 127. The minimum absolute atomic E-state index is 0.00974. The quantitative estimate of drug-likeness (QED) is 0.157. The van der Waals surface area contributed by atoms with Gasteiger partial charge in [-0.15, -0.1) is 0 Å². The minimum atomic E-state index is -0.374. The average Bonchev–Trinajstić information content (AvgIpc) is 3.69. The van der Waals surface area contributed by atoms with Gasteiger partial charge in [-0.1, -0.05) is 83.9 Å². The zero-order valence-corrected chi connectivity index (χ0v) is 32.4. The summed E-state index contributed by atoms with van der Waals surface area (Å²) in [6.45, 7) is 5.26. The highest BCUT2D eigenvalue weighted by Gasteiger charge is 2.32. The molecule has 8 rings (SSSR count). The van der Waals surface area contributed by atoms with E-state index in [1.54, 1.807) is 28.8 Å². The maximum atomic E-state index is 13.0. The molecule has 15 heteroatoms. The lowest BCUT2D eigenvalue weighted by atomic mass is 9.82. The van der Waals surface area contributed by atoms with Gasteiger partial charge in [0.15, 0.2) is 22.3 Å². The van der Waals surface area contributed by atoms with Gasteiger partial charge in [0, 0.05) is 42.3 Å². The number of nitrogens with zero attached hydrogens (tertiary/aromatic N) is 7. The van der Waals surface area contributed by atoms with E-state index in [1.807, 2.05) is 53.5 Å². The van der Waals surface area contributed by atoms with Gasteiger partial charge in [0.05, 0.1) is 12.7 Å². The monoisotopic (exact) mass is 844 g/mol. The molecule has 4 aromatic heterocycles. The third kappa shape index (κ3) is 7.38. The summed E-state index contributed by atoms with van der Waals surface area (Å²) >= 11 is 14.0. The number of aromatic nitrogens is 8. The molecule has 51 heavy (non-hydrogen) atoms. The van der Waals surface area contributed by atoms with Gasteiger partial charge in [0.2, 0.25) is 0 Å². The molecule has 2 saturated carbocycles. The number of nitrogens with one attached hydrogen (secondary N) is 1. The maximum absolute atomic E-state index is 13.0. The van der Waals surface area contributed by atoms with Crippen molar-refractivity contribution in [1.29, 1.82) is 0 Å². The molecule has 0 atom stereocenters. The molecule has 4 heterocycles. The second-order valence-electron chi connectivity index (χ2n) is 13.5. The number of benzene rings is 2. The molecular weight excluding hydrogens is 806 g/mol. The van der Waals surface area contributed by atoms with Crippen molar-refractivity contribution in [2.45, 2.75) is 64.7 Å². The molecule has 0 amide bonds. The Hall–Kier alpha value is -3.95. The van der Waals surface area contributed by atoms with E-state index < -0.39 is 0 Å². The fourth-order valence-corrected chi connectivity index (χ4v) is 7.21. The summed E-state index contributed by atoms with van der Waals surface area (Å²) in [5, 5.41) is 1.34. The van der Waals surface area contributed by atoms with Crippen LogP contribution < -0.4 is 22.5 Å². The van der Waals surface area contributed by atoms with Crippen molar-refractivity contribution in [2.75, 3.05) is 4.93 Å². The van der Waals surface area contributed by atoms with E-state index in [9.17, 15) is 19.2 Å². The molecule has 2 aliphatic rings. The second-order valence-corrected chi connectivity index (χ2v) is 14.3.